The number of hydrogen-bond acceptors (Lipinski definition) is 2. The van der Waals surface area contributed by atoms with Crippen molar-refractivity contribution in [3.8, 4) is 6.07 Å². The van der Waals surface area contributed by atoms with E-state index in [9.17, 15) is 0 Å². The first-order valence-electron chi connectivity index (χ1n) is 6.36. The average molecular weight is 216 g/mol. The van der Waals surface area contributed by atoms with Crippen molar-refractivity contribution in [2.24, 2.45) is 5.92 Å². The fourth-order valence-electron chi connectivity index (χ4n) is 2.50. The molecule has 2 aliphatic rings. The summed E-state index contributed by atoms with van der Waals surface area (Å²) in [4.78, 5) is 0. The fraction of sp³-hybridized carbons (Fsp3) is 0.643. The van der Waals surface area contributed by atoms with Gasteiger partial charge >= 0.3 is 0 Å². The van der Waals surface area contributed by atoms with E-state index >= 15 is 0 Å². The summed E-state index contributed by atoms with van der Waals surface area (Å²) in [5, 5.41) is 12.4. The Bertz CT molecular complexity index is 314. The van der Waals surface area contributed by atoms with Crippen LogP contribution in [0.4, 0.5) is 0 Å². The maximum Gasteiger partial charge on any atom is 0.0655 e. The van der Waals surface area contributed by atoms with Crippen molar-refractivity contribution in [2.75, 3.05) is 6.54 Å². The Morgan fingerprint density at radius 1 is 1.31 bits per heavy atom. The Kier molecular flexibility index (Phi) is 4.18. The van der Waals surface area contributed by atoms with E-state index in [2.05, 4.69) is 29.6 Å². The molecule has 2 heteroatoms. The summed E-state index contributed by atoms with van der Waals surface area (Å²) in [6.45, 7) is 1.03. The monoisotopic (exact) mass is 216 g/mol. The first-order valence-corrected chi connectivity index (χ1v) is 6.36. The lowest BCUT2D eigenvalue weighted by Crippen LogP contribution is -2.34. The molecule has 1 N–H and O–H groups in total. The minimum Gasteiger partial charge on any atom is -0.310 e. The molecule has 0 aromatic heterocycles. The average Bonchev–Trinajstić information content (AvgIpc) is 2.38. The predicted octanol–water partition coefficient (Wildman–Crippen LogP) is 2.93. The van der Waals surface area contributed by atoms with Gasteiger partial charge in [-0.3, -0.25) is 0 Å². The molecule has 0 unspecified atom stereocenters. The van der Waals surface area contributed by atoms with E-state index in [0.717, 1.165) is 19.4 Å². The lowest BCUT2D eigenvalue weighted by Gasteiger charge is -2.26. The van der Waals surface area contributed by atoms with Gasteiger partial charge < -0.3 is 5.32 Å². The predicted molar refractivity (Wildman–Crippen MR) is 65.8 cm³/mol. The molecule has 0 radical (unpaired) electrons. The summed E-state index contributed by atoms with van der Waals surface area (Å²) in [6, 6.07) is 3.02. The third-order valence-corrected chi connectivity index (χ3v) is 3.63. The summed E-state index contributed by atoms with van der Waals surface area (Å²) in [5.74, 6) is 0.315. The Balaban J connectivity index is 1.69. The van der Waals surface area contributed by atoms with Gasteiger partial charge in [0.2, 0.25) is 0 Å². The standard InChI is InChI=1S/C14H20N2/c15-10-12-6-8-14(9-7-12)16-11-13-4-2-1-3-5-13/h1-2,4,12,14,16H,3,5-9,11H2. The van der Waals surface area contributed by atoms with Crippen LogP contribution in [0.2, 0.25) is 0 Å². The second-order valence-electron chi connectivity index (χ2n) is 4.85. The van der Waals surface area contributed by atoms with Crippen LogP contribution in [-0.2, 0) is 0 Å². The topological polar surface area (TPSA) is 35.8 Å². The van der Waals surface area contributed by atoms with Crippen molar-refractivity contribution in [2.45, 2.75) is 44.6 Å². The Morgan fingerprint density at radius 3 is 2.75 bits per heavy atom. The van der Waals surface area contributed by atoms with Crippen molar-refractivity contribution in [1.82, 2.24) is 5.32 Å². The van der Waals surface area contributed by atoms with Crippen LogP contribution in [0.15, 0.2) is 23.8 Å². The Labute approximate surface area is 98.0 Å². The van der Waals surface area contributed by atoms with Gasteiger partial charge in [0, 0.05) is 18.5 Å². The number of hydrogen-bond donors (Lipinski definition) is 1. The summed E-state index contributed by atoms with van der Waals surface area (Å²) in [6.07, 6.45) is 13.5. The third-order valence-electron chi connectivity index (χ3n) is 3.63. The largest absolute Gasteiger partial charge is 0.310 e. The van der Waals surface area contributed by atoms with Crippen LogP contribution in [0.1, 0.15) is 38.5 Å². The first-order chi connectivity index (χ1) is 7.88. The van der Waals surface area contributed by atoms with Gasteiger partial charge in [-0.05, 0) is 38.5 Å². The van der Waals surface area contributed by atoms with Crippen molar-refractivity contribution >= 4 is 0 Å². The molecule has 0 spiro atoms. The summed E-state index contributed by atoms with van der Waals surface area (Å²) in [5.41, 5.74) is 1.52. The summed E-state index contributed by atoms with van der Waals surface area (Å²) < 4.78 is 0. The molecule has 0 atom stereocenters. The van der Waals surface area contributed by atoms with Gasteiger partial charge in [0.25, 0.3) is 0 Å². The van der Waals surface area contributed by atoms with Gasteiger partial charge in [0.1, 0.15) is 0 Å². The fourth-order valence-corrected chi connectivity index (χ4v) is 2.50. The van der Waals surface area contributed by atoms with E-state index in [1.807, 2.05) is 0 Å². The number of nitrogens with zero attached hydrogens (tertiary/aromatic N) is 1. The highest BCUT2D eigenvalue weighted by molar-refractivity contribution is 5.18. The molecule has 2 aliphatic carbocycles. The SMILES string of the molecule is N#CC1CCC(NCC2=CC=CCC2)CC1. The van der Waals surface area contributed by atoms with Crippen LogP contribution in [0.25, 0.3) is 0 Å². The molecule has 2 nitrogen and oxygen atoms in total. The second-order valence-corrected chi connectivity index (χ2v) is 4.85. The van der Waals surface area contributed by atoms with Crippen LogP contribution in [-0.4, -0.2) is 12.6 Å². The number of nitrogens with one attached hydrogen (secondary N) is 1. The van der Waals surface area contributed by atoms with Gasteiger partial charge in [-0.2, -0.15) is 5.26 Å². The van der Waals surface area contributed by atoms with Gasteiger partial charge in [0.05, 0.1) is 6.07 Å². The molecule has 0 saturated heterocycles. The van der Waals surface area contributed by atoms with Crippen LogP contribution < -0.4 is 5.32 Å². The molecule has 0 aromatic carbocycles. The van der Waals surface area contributed by atoms with Crippen LogP contribution in [0.5, 0.6) is 0 Å². The second kappa shape index (κ2) is 5.86. The van der Waals surface area contributed by atoms with Crippen molar-refractivity contribution in [3.05, 3.63) is 23.8 Å². The Morgan fingerprint density at radius 2 is 2.12 bits per heavy atom. The zero-order valence-electron chi connectivity index (χ0n) is 9.78. The molecule has 0 heterocycles. The van der Waals surface area contributed by atoms with E-state index in [0.29, 0.717) is 12.0 Å². The van der Waals surface area contributed by atoms with Gasteiger partial charge in [-0.25, -0.2) is 0 Å². The molecule has 86 valence electrons. The van der Waals surface area contributed by atoms with E-state index < -0.39 is 0 Å². The zero-order valence-corrected chi connectivity index (χ0v) is 9.78. The molecule has 16 heavy (non-hydrogen) atoms. The van der Waals surface area contributed by atoms with E-state index in [1.165, 1.54) is 31.3 Å². The van der Waals surface area contributed by atoms with Gasteiger partial charge in [0.15, 0.2) is 0 Å². The number of allylic oxidation sites excluding steroid dienone is 3. The maximum absolute atomic E-state index is 8.82. The highest BCUT2D eigenvalue weighted by Gasteiger charge is 2.20. The molecule has 0 amide bonds. The van der Waals surface area contributed by atoms with Crippen LogP contribution in [0, 0.1) is 17.2 Å². The highest BCUT2D eigenvalue weighted by atomic mass is 14.9. The molecule has 0 aromatic rings. The smallest absolute Gasteiger partial charge is 0.0655 e. The molecule has 0 bridgehead atoms. The normalized spacial score (nSPS) is 29.6. The van der Waals surface area contributed by atoms with Gasteiger partial charge in [-0.1, -0.05) is 23.8 Å². The summed E-state index contributed by atoms with van der Waals surface area (Å²) >= 11 is 0. The Hall–Kier alpha value is -1.07. The summed E-state index contributed by atoms with van der Waals surface area (Å²) in [7, 11) is 0. The lowest BCUT2D eigenvalue weighted by atomic mass is 9.87. The molecule has 0 aliphatic heterocycles. The van der Waals surface area contributed by atoms with Crippen molar-refractivity contribution in [1.29, 1.82) is 5.26 Å². The lowest BCUT2D eigenvalue weighted by molar-refractivity contribution is 0.338. The highest BCUT2D eigenvalue weighted by Crippen LogP contribution is 2.23. The number of nitriles is 1. The van der Waals surface area contributed by atoms with E-state index in [1.54, 1.807) is 0 Å². The first kappa shape index (κ1) is 11.4. The maximum atomic E-state index is 8.82. The molecular formula is C14H20N2. The van der Waals surface area contributed by atoms with Crippen LogP contribution in [0.3, 0.4) is 0 Å². The van der Waals surface area contributed by atoms with E-state index in [4.69, 9.17) is 5.26 Å². The minimum atomic E-state index is 0.315. The molecule has 2 rings (SSSR count). The third kappa shape index (κ3) is 3.21. The molecule has 1 fully saturated rings. The minimum absolute atomic E-state index is 0.315. The molecular weight excluding hydrogens is 196 g/mol. The van der Waals surface area contributed by atoms with Crippen molar-refractivity contribution < 1.29 is 0 Å². The van der Waals surface area contributed by atoms with Crippen LogP contribution >= 0.6 is 0 Å². The van der Waals surface area contributed by atoms with Crippen molar-refractivity contribution in [3.63, 3.8) is 0 Å². The quantitative estimate of drug-likeness (QED) is 0.787. The molecule has 1 saturated carbocycles. The number of rotatable bonds is 3. The zero-order chi connectivity index (χ0) is 11.2. The van der Waals surface area contributed by atoms with E-state index in [-0.39, 0.29) is 0 Å². The van der Waals surface area contributed by atoms with Gasteiger partial charge in [-0.15, -0.1) is 0 Å².